The molecule has 0 spiro atoms. The fraction of sp³-hybridized carbons (Fsp3) is 0.348. The Morgan fingerprint density at radius 2 is 1.87 bits per heavy atom. The normalized spacial score (nSPS) is 14.5. The van der Waals surface area contributed by atoms with Gasteiger partial charge in [-0.2, -0.15) is 5.10 Å². The van der Waals surface area contributed by atoms with Crippen molar-refractivity contribution in [3.63, 3.8) is 0 Å². The predicted octanol–water partition coefficient (Wildman–Crippen LogP) is 3.07. The second-order valence-electron chi connectivity index (χ2n) is 7.52. The van der Waals surface area contributed by atoms with Gasteiger partial charge in [0.15, 0.2) is 17.3 Å². The van der Waals surface area contributed by atoms with Gasteiger partial charge in [0.25, 0.3) is 11.5 Å². The molecular formula is C23H25N3O5. The summed E-state index contributed by atoms with van der Waals surface area (Å²) in [7, 11) is 3.17. The zero-order chi connectivity index (χ0) is 21.8. The number of piperidine rings is 1. The molecule has 0 atom stereocenters. The molecule has 2 aromatic heterocycles. The third-order valence-electron chi connectivity index (χ3n) is 5.61. The largest absolute Gasteiger partial charge is 0.493 e. The van der Waals surface area contributed by atoms with Gasteiger partial charge in [0.1, 0.15) is 0 Å². The summed E-state index contributed by atoms with van der Waals surface area (Å²) in [5.74, 6) is 1.78. The maximum Gasteiger partial charge on any atom is 0.289 e. The van der Waals surface area contributed by atoms with Crippen LogP contribution in [-0.2, 0) is 6.54 Å². The van der Waals surface area contributed by atoms with Crippen LogP contribution in [0.1, 0.15) is 23.4 Å². The van der Waals surface area contributed by atoms with Crippen molar-refractivity contribution in [3.05, 3.63) is 64.8 Å². The van der Waals surface area contributed by atoms with E-state index in [1.165, 1.54) is 17.0 Å². The Kier molecular flexibility index (Phi) is 6.06. The molecule has 0 unspecified atom stereocenters. The lowest BCUT2D eigenvalue weighted by molar-refractivity contribution is 0.0648. The summed E-state index contributed by atoms with van der Waals surface area (Å²) < 4.78 is 17.4. The molecule has 1 fully saturated rings. The number of amides is 1. The Morgan fingerprint density at radius 1 is 1.10 bits per heavy atom. The summed E-state index contributed by atoms with van der Waals surface area (Å²) in [5, 5.41) is 4.57. The highest BCUT2D eigenvalue weighted by molar-refractivity contribution is 5.91. The third-order valence-corrected chi connectivity index (χ3v) is 5.61. The van der Waals surface area contributed by atoms with E-state index >= 15 is 0 Å². The van der Waals surface area contributed by atoms with Gasteiger partial charge in [-0.3, -0.25) is 9.59 Å². The average Bonchev–Trinajstić information content (AvgIpc) is 3.35. The van der Waals surface area contributed by atoms with Crippen molar-refractivity contribution in [2.45, 2.75) is 19.4 Å². The SMILES string of the molecule is COc1ccc(-c2ccc(=O)n(CC3CCN(C(=O)c4ccco4)CC3)n2)cc1OC. The van der Waals surface area contributed by atoms with E-state index in [1.54, 1.807) is 37.3 Å². The van der Waals surface area contributed by atoms with E-state index in [9.17, 15) is 9.59 Å². The quantitative estimate of drug-likeness (QED) is 0.606. The Morgan fingerprint density at radius 3 is 2.55 bits per heavy atom. The molecule has 8 nitrogen and oxygen atoms in total. The second-order valence-corrected chi connectivity index (χ2v) is 7.52. The molecule has 1 aromatic carbocycles. The lowest BCUT2D eigenvalue weighted by atomic mass is 9.96. The molecule has 1 amide bonds. The van der Waals surface area contributed by atoms with Crippen LogP contribution in [0.5, 0.6) is 11.5 Å². The molecule has 8 heteroatoms. The number of aromatic nitrogens is 2. The first-order chi connectivity index (χ1) is 15.1. The second kappa shape index (κ2) is 9.07. The first-order valence-corrected chi connectivity index (χ1v) is 10.2. The standard InChI is InChI=1S/C23H25N3O5/c1-29-19-7-5-17(14-21(19)30-2)18-6-8-22(27)26(24-18)15-16-9-11-25(12-10-16)23(28)20-4-3-13-31-20/h3-8,13-14,16H,9-12,15H2,1-2H3. The van der Waals surface area contributed by atoms with Crippen molar-refractivity contribution in [3.8, 4) is 22.8 Å². The van der Waals surface area contributed by atoms with E-state index in [0.29, 0.717) is 42.6 Å². The number of hydrogen-bond donors (Lipinski definition) is 0. The highest BCUT2D eigenvalue weighted by Gasteiger charge is 2.25. The smallest absolute Gasteiger partial charge is 0.289 e. The van der Waals surface area contributed by atoms with Gasteiger partial charge in [-0.25, -0.2) is 4.68 Å². The molecule has 0 aliphatic carbocycles. The Hall–Kier alpha value is -3.55. The van der Waals surface area contributed by atoms with Crippen molar-refractivity contribution >= 4 is 5.91 Å². The van der Waals surface area contributed by atoms with E-state index in [4.69, 9.17) is 13.9 Å². The monoisotopic (exact) mass is 423 g/mol. The number of likely N-dealkylation sites (tertiary alicyclic amines) is 1. The summed E-state index contributed by atoms with van der Waals surface area (Å²) >= 11 is 0. The minimum Gasteiger partial charge on any atom is -0.493 e. The van der Waals surface area contributed by atoms with Gasteiger partial charge in [-0.05, 0) is 55.2 Å². The number of benzene rings is 1. The van der Waals surface area contributed by atoms with E-state index in [2.05, 4.69) is 5.10 Å². The number of carbonyl (C=O) groups excluding carboxylic acids is 1. The highest BCUT2D eigenvalue weighted by atomic mass is 16.5. The highest BCUT2D eigenvalue weighted by Crippen LogP contribution is 2.31. The number of furan rings is 1. The predicted molar refractivity (Wildman–Crippen MR) is 114 cm³/mol. The van der Waals surface area contributed by atoms with Gasteiger partial charge in [-0.15, -0.1) is 0 Å². The summed E-state index contributed by atoms with van der Waals surface area (Å²) in [6.07, 6.45) is 3.12. The van der Waals surface area contributed by atoms with Crippen molar-refractivity contribution < 1.29 is 18.7 Å². The number of ether oxygens (including phenoxy) is 2. The number of methoxy groups -OCH3 is 2. The summed E-state index contributed by atoms with van der Waals surface area (Å²) in [5.41, 5.74) is 1.38. The first kappa shape index (κ1) is 20.7. The maximum absolute atomic E-state index is 12.4. The van der Waals surface area contributed by atoms with Crippen LogP contribution in [0.2, 0.25) is 0 Å². The Labute approximate surface area is 180 Å². The van der Waals surface area contributed by atoms with Crippen LogP contribution in [0.25, 0.3) is 11.3 Å². The average molecular weight is 423 g/mol. The van der Waals surface area contributed by atoms with Crippen LogP contribution >= 0.6 is 0 Å². The molecule has 3 heterocycles. The first-order valence-electron chi connectivity index (χ1n) is 10.2. The number of carbonyl (C=O) groups is 1. The molecular weight excluding hydrogens is 398 g/mol. The third kappa shape index (κ3) is 4.47. The molecule has 0 bridgehead atoms. The molecule has 0 N–H and O–H groups in total. The molecule has 3 aromatic rings. The number of rotatable bonds is 6. The molecule has 1 aliphatic rings. The lowest BCUT2D eigenvalue weighted by Gasteiger charge is -2.31. The van der Waals surface area contributed by atoms with Crippen molar-refractivity contribution in [1.29, 1.82) is 0 Å². The van der Waals surface area contributed by atoms with Crippen LogP contribution in [0.4, 0.5) is 0 Å². The molecule has 1 aliphatic heterocycles. The summed E-state index contributed by atoms with van der Waals surface area (Å²) in [6, 6.07) is 12.2. The fourth-order valence-corrected chi connectivity index (χ4v) is 3.85. The summed E-state index contributed by atoms with van der Waals surface area (Å²) in [4.78, 5) is 26.6. The number of nitrogens with zero attached hydrogens (tertiary/aromatic N) is 3. The Balaban J connectivity index is 1.45. The fourth-order valence-electron chi connectivity index (χ4n) is 3.85. The lowest BCUT2D eigenvalue weighted by Crippen LogP contribution is -2.40. The van der Waals surface area contributed by atoms with Gasteiger partial charge in [0.05, 0.1) is 26.2 Å². The van der Waals surface area contributed by atoms with Crippen LogP contribution in [-0.4, -0.2) is 47.9 Å². The van der Waals surface area contributed by atoms with E-state index in [-0.39, 0.29) is 17.4 Å². The molecule has 0 saturated carbocycles. The molecule has 4 rings (SSSR count). The zero-order valence-electron chi connectivity index (χ0n) is 17.6. The van der Waals surface area contributed by atoms with E-state index < -0.39 is 0 Å². The molecule has 31 heavy (non-hydrogen) atoms. The van der Waals surface area contributed by atoms with E-state index in [0.717, 1.165) is 18.4 Å². The zero-order valence-corrected chi connectivity index (χ0v) is 17.6. The van der Waals surface area contributed by atoms with Gasteiger partial charge in [-0.1, -0.05) is 0 Å². The molecule has 162 valence electrons. The topological polar surface area (TPSA) is 86.8 Å². The minimum absolute atomic E-state index is 0.0887. The minimum atomic E-state index is -0.140. The van der Waals surface area contributed by atoms with Crippen molar-refractivity contribution in [2.75, 3.05) is 27.3 Å². The van der Waals surface area contributed by atoms with E-state index in [1.807, 2.05) is 18.2 Å². The van der Waals surface area contributed by atoms with Crippen LogP contribution < -0.4 is 15.0 Å². The van der Waals surface area contributed by atoms with Crippen molar-refractivity contribution in [1.82, 2.24) is 14.7 Å². The van der Waals surface area contributed by atoms with Gasteiger partial charge in [0, 0.05) is 31.3 Å². The van der Waals surface area contributed by atoms with Crippen molar-refractivity contribution in [2.24, 2.45) is 5.92 Å². The van der Waals surface area contributed by atoms with Gasteiger partial charge in [0.2, 0.25) is 0 Å². The molecule has 1 saturated heterocycles. The maximum atomic E-state index is 12.4. The van der Waals surface area contributed by atoms with Crippen LogP contribution in [0.3, 0.4) is 0 Å². The molecule has 0 radical (unpaired) electrons. The number of hydrogen-bond acceptors (Lipinski definition) is 6. The summed E-state index contributed by atoms with van der Waals surface area (Å²) in [6.45, 7) is 1.78. The van der Waals surface area contributed by atoms with Gasteiger partial charge < -0.3 is 18.8 Å². The Bertz CT molecular complexity index is 1100. The van der Waals surface area contributed by atoms with Gasteiger partial charge >= 0.3 is 0 Å². The van der Waals surface area contributed by atoms with Crippen LogP contribution in [0.15, 0.2) is 57.9 Å². The van der Waals surface area contributed by atoms with Crippen LogP contribution in [0, 0.1) is 5.92 Å².